The lowest BCUT2D eigenvalue weighted by Crippen LogP contribution is -2.35. The van der Waals surface area contributed by atoms with Crippen LogP contribution < -0.4 is 9.44 Å². The molecule has 0 unspecified atom stereocenters. The first-order chi connectivity index (χ1) is 9.86. The lowest BCUT2D eigenvalue weighted by atomic mass is 10.2. The Labute approximate surface area is 125 Å². The van der Waals surface area contributed by atoms with E-state index in [0.717, 1.165) is 18.4 Å². The second-order valence-corrected chi connectivity index (χ2v) is 6.05. The Hall–Kier alpha value is -1.88. The Bertz CT molecular complexity index is 598. The first-order valence-corrected chi connectivity index (χ1v) is 8.12. The number of methoxy groups -OCH3 is 2. The number of rotatable bonds is 7. The summed E-state index contributed by atoms with van der Waals surface area (Å²) in [5.41, 5.74) is 0.639. The van der Waals surface area contributed by atoms with Gasteiger partial charge in [-0.2, -0.15) is 8.42 Å². The minimum atomic E-state index is -4.07. The van der Waals surface area contributed by atoms with Gasteiger partial charge in [-0.15, -0.1) is 11.3 Å². The molecule has 0 radical (unpaired) electrons. The van der Waals surface area contributed by atoms with Gasteiger partial charge < -0.3 is 9.47 Å². The quantitative estimate of drug-likeness (QED) is 0.700. The van der Waals surface area contributed by atoms with Crippen LogP contribution in [0.1, 0.15) is 18.5 Å². The zero-order chi connectivity index (χ0) is 15.9. The molecule has 1 heterocycles. The summed E-state index contributed by atoms with van der Waals surface area (Å²) in [6.45, 7) is 0. The molecule has 118 valence electrons. The minimum absolute atomic E-state index is 0.111. The highest BCUT2D eigenvalue weighted by atomic mass is 32.2. The van der Waals surface area contributed by atoms with E-state index in [0.29, 0.717) is 18.5 Å². The lowest BCUT2D eigenvalue weighted by Gasteiger charge is -2.05. The van der Waals surface area contributed by atoms with Gasteiger partial charge in [0.15, 0.2) is 5.13 Å². The molecule has 1 rings (SSSR count). The van der Waals surface area contributed by atoms with Gasteiger partial charge in [-0.05, 0) is 12.8 Å². The SMILES string of the molecule is COC(=O)CCCc1csc(NS(=O)(=O)NC(=O)OC)n1. The van der Waals surface area contributed by atoms with Crippen molar-refractivity contribution in [2.75, 3.05) is 18.9 Å². The van der Waals surface area contributed by atoms with Gasteiger partial charge in [0.2, 0.25) is 0 Å². The Morgan fingerprint density at radius 3 is 2.67 bits per heavy atom. The smallest absolute Gasteiger partial charge is 0.422 e. The zero-order valence-electron chi connectivity index (χ0n) is 11.4. The largest absolute Gasteiger partial charge is 0.469 e. The Morgan fingerprint density at radius 1 is 1.33 bits per heavy atom. The van der Waals surface area contributed by atoms with Gasteiger partial charge in [0.05, 0.1) is 19.9 Å². The highest BCUT2D eigenvalue weighted by Gasteiger charge is 2.16. The third-order valence-corrected chi connectivity index (χ3v) is 4.05. The predicted molar refractivity (Wildman–Crippen MR) is 75.2 cm³/mol. The van der Waals surface area contributed by atoms with Crippen molar-refractivity contribution >= 4 is 38.7 Å². The molecular weight excluding hydrogens is 322 g/mol. The second kappa shape index (κ2) is 7.78. The van der Waals surface area contributed by atoms with Crippen LogP contribution in [0.5, 0.6) is 0 Å². The molecule has 11 heteroatoms. The molecule has 1 aromatic heterocycles. The number of nitrogens with zero attached hydrogens (tertiary/aromatic N) is 1. The second-order valence-electron chi connectivity index (χ2n) is 3.77. The summed E-state index contributed by atoms with van der Waals surface area (Å²) in [4.78, 5) is 25.8. The van der Waals surface area contributed by atoms with Crippen molar-refractivity contribution in [3.63, 3.8) is 0 Å². The fourth-order valence-electron chi connectivity index (χ4n) is 1.28. The van der Waals surface area contributed by atoms with E-state index in [-0.39, 0.29) is 17.5 Å². The van der Waals surface area contributed by atoms with E-state index in [4.69, 9.17) is 0 Å². The van der Waals surface area contributed by atoms with Crippen molar-refractivity contribution in [3.8, 4) is 0 Å². The zero-order valence-corrected chi connectivity index (χ0v) is 13.0. The number of thiazole rings is 1. The van der Waals surface area contributed by atoms with E-state index in [1.165, 1.54) is 7.11 Å². The number of carbonyl (C=O) groups excluding carboxylic acids is 2. The number of amides is 1. The molecule has 9 nitrogen and oxygen atoms in total. The van der Waals surface area contributed by atoms with Crippen molar-refractivity contribution in [2.45, 2.75) is 19.3 Å². The van der Waals surface area contributed by atoms with E-state index in [1.54, 1.807) is 10.1 Å². The van der Waals surface area contributed by atoms with Crippen LogP contribution >= 0.6 is 11.3 Å². The van der Waals surface area contributed by atoms with Crippen LogP contribution in [0.15, 0.2) is 5.38 Å². The van der Waals surface area contributed by atoms with Crippen LogP contribution in [-0.2, 0) is 30.9 Å². The van der Waals surface area contributed by atoms with E-state index in [2.05, 4.69) is 19.2 Å². The molecule has 0 aromatic carbocycles. The van der Waals surface area contributed by atoms with Crippen molar-refractivity contribution in [1.82, 2.24) is 9.71 Å². The molecule has 1 aromatic rings. The fourth-order valence-corrected chi connectivity index (χ4v) is 3.02. The van der Waals surface area contributed by atoms with Crippen LogP contribution in [-0.4, -0.2) is 39.7 Å². The topological polar surface area (TPSA) is 124 Å². The standard InChI is InChI=1S/C10H15N3O6S2/c1-18-8(14)5-3-4-7-6-20-9(11-7)12-21(16,17)13-10(15)19-2/h6H,3-5H2,1-2H3,(H,11,12)(H,13,15). The van der Waals surface area contributed by atoms with Crippen LogP contribution in [0.25, 0.3) is 0 Å². The van der Waals surface area contributed by atoms with Gasteiger partial charge in [0, 0.05) is 11.8 Å². The number of nitrogens with one attached hydrogen (secondary N) is 2. The number of carbonyl (C=O) groups is 2. The van der Waals surface area contributed by atoms with Crippen LogP contribution in [0.3, 0.4) is 0 Å². The fraction of sp³-hybridized carbons (Fsp3) is 0.500. The first kappa shape index (κ1) is 17.2. The Morgan fingerprint density at radius 2 is 2.05 bits per heavy atom. The number of aryl methyl sites for hydroxylation is 1. The average Bonchev–Trinajstić information content (AvgIpc) is 2.84. The monoisotopic (exact) mass is 337 g/mol. The number of anilines is 1. The van der Waals surface area contributed by atoms with Crippen LogP contribution in [0, 0.1) is 0 Å². The number of aromatic nitrogens is 1. The molecule has 21 heavy (non-hydrogen) atoms. The van der Waals surface area contributed by atoms with E-state index >= 15 is 0 Å². The molecule has 0 saturated heterocycles. The van der Waals surface area contributed by atoms with Gasteiger partial charge in [-0.1, -0.05) is 0 Å². The van der Waals surface area contributed by atoms with E-state index in [9.17, 15) is 18.0 Å². The summed E-state index contributed by atoms with van der Waals surface area (Å²) in [5.74, 6) is -0.312. The molecular formula is C10H15N3O6S2. The molecule has 0 saturated carbocycles. The molecule has 2 N–H and O–H groups in total. The van der Waals surface area contributed by atoms with Gasteiger partial charge in [-0.25, -0.2) is 19.2 Å². The van der Waals surface area contributed by atoms with Gasteiger partial charge in [-0.3, -0.25) is 4.79 Å². The third-order valence-electron chi connectivity index (χ3n) is 2.22. The summed E-state index contributed by atoms with van der Waals surface area (Å²) in [7, 11) is -1.71. The Balaban J connectivity index is 2.51. The predicted octanol–water partition coefficient (Wildman–Crippen LogP) is 0.651. The maximum absolute atomic E-state index is 11.5. The van der Waals surface area contributed by atoms with Crippen molar-refractivity contribution in [2.24, 2.45) is 0 Å². The lowest BCUT2D eigenvalue weighted by molar-refractivity contribution is -0.140. The summed E-state index contributed by atoms with van der Waals surface area (Å²) < 4.78 is 35.4. The first-order valence-electron chi connectivity index (χ1n) is 5.76. The molecule has 0 aliphatic rings. The van der Waals surface area contributed by atoms with Crippen LogP contribution in [0.2, 0.25) is 0 Å². The van der Waals surface area contributed by atoms with Gasteiger partial charge in [0.25, 0.3) is 0 Å². The normalized spacial score (nSPS) is 10.8. The molecule has 0 spiro atoms. The highest BCUT2D eigenvalue weighted by molar-refractivity contribution is 7.91. The highest BCUT2D eigenvalue weighted by Crippen LogP contribution is 2.18. The molecule has 0 aliphatic carbocycles. The maximum atomic E-state index is 11.5. The average molecular weight is 337 g/mol. The minimum Gasteiger partial charge on any atom is -0.469 e. The van der Waals surface area contributed by atoms with Crippen molar-refractivity contribution in [1.29, 1.82) is 0 Å². The van der Waals surface area contributed by atoms with Crippen LogP contribution in [0.4, 0.5) is 9.93 Å². The molecule has 0 bridgehead atoms. The number of ether oxygens (including phenoxy) is 2. The molecule has 0 atom stereocenters. The van der Waals surface area contributed by atoms with Gasteiger partial charge >= 0.3 is 22.3 Å². The number of hydrogen-bond donors (Lipinski definition) is 2. The van der Waals surface area contributed by atoms with Gasteiger partial charge in [0.1, 0.15) is 0 Å². The third kappa shape index (κ3) is 6.40. The molecule has 0 aliphatic heterocycles. The number of hydrogen-bond acceptors (Lipinski definition) is 8. The van der Waals surface area contributed by atoms with Crippen molar-refractivity contribution < 1.29 is 27.5 Å². The van der Waals surface area contributed by atoms with E-state index < -0.39 is 16.3 Å². The molecule has 1 amide bonds. The summed E-state index contributed by atoms with van der Waals surface area (Å²) in [6, 6.07) is 0. The summed E-state index contributed by atoms with van der Waals surface area (Å²) in [5, 5.41) is 1.77. The van der Waals surface area contributed by atoms with E-state index in [1.807, 2.05) is 0 Å². The maximum Gasteiger partial charge on any atom is 0.422 e. The van der Waals surface area contributed by atoms with Crippen molar-refractivity contribution in [3.05, 3.63) is 11.1 Å². The Kier molecular flexibility index (Phi) is 6.37. The number of esters is 1. The summed E-state index contributed by atoms with van der Waals surface area (Å²) >= 11 is 1.07. The molecule has 0 fully saturated rings. The summed E-state index contributed by atoms with van der Waals surface area (Å²) in [6.07, 6.45) is 0.220.